The largest absolute Gasteiger partial charge is 0.324 e. The van der Waals surface area contributed by atoms with Gasteiger partial charge in [0.05, 0.1) is 0 Å². The predicted molar refractivity (Wildman–Crippen MR) is 115 cm³/mol. The topological polar surface area (TPSA) is 61.8 Å². The van der Waals surface area contributed by atoms with Gasteiger partial charge >= 0.3 is 0 Å². The van der Waals surface area contributed by atoms with Crippen molar-refractivity contribution in [2.75, 3.05) is 11.9 Å². The third-order valence-corrected chi connectivity index (χ3v) is 6.11. The van der Waals surface area contributed by atoms with Crippen LogP contribution in [0, 0.1) is 12.8 Å². The normalized spacial score (nSPS) is 23.9. The highest BCUT2D eigenvalue weighted by Crippen LogP contribution is 2.41. The quantitative estimate of drug-likeness (QED) is 0.853. The monoisotopic (exact) mass is 389 g/mol. The van der Waals surface area contributed by atoms with Gasteiger partial charge in [0.25, 0.3) is 5.91 Å². The standard InChI is InChI=1S/C24H27N3O2/c1-17-12-14-24(15-13-17)26-22(19-9-4-3-5-10-19)23(29)27(24)16-21(28)25-20-11-7-6-8-18(20)2/h3-11,17H,12-16H2,1-2H3,(H,25,28). The van der Waals surface area contributed by atoms with Crippen LogP contribution in [0.25, 0.3) is 0 Å². The van der Waals surface area contributed by atoms with Crippen molar-refractivity contribution in [2.45, 2.75) is 45.2 Å². The summed E-state index contributed by atoms with van der Waals surface area (Å²) in [6.45, 7) is 4.21. The molecule has 2 aromatic rings. The summed E-state index contributed by atoms with van der Waals surface area (Å²) in [7, 11) is 0. The van der Waals surface area contributed by atoms with Crippen LogP contribution in [-0.2, 0) is 9.59 Å². The Bertz CT molecular complexity index is 944. The van der Waals surface area contributed by atoms with Crippen LogP contribution in [0.15, 0.2) is 59.6 Å². The molecule has 0 saturated heterocycles. The van der Waals surface area contributed by atoms with Gasteiger partial charge in [-0.3, -0.25) is 14.6 Å². The number of aliphatic imine (C=N–C) groups is 1. The molecule has 1 spiro atoms. The highest BCUT2D eigenvalue weighted by atomic mass is 16.2. The van der Waals surface area contributed by atoms with Gasteiger partial charge < -0.3 is 10.2 Å². The summed E-state index contributed by atoms with van der Waals surface area (Å²) in [5.41, 5.74) is 2.47. The molecule has 2 aromatic carbocycles. The first-order valence-corrected chi connectivity index (χ1v) is 10.3. The summed E-state index contributed by atoms with van der Waals surface area (Å²) >= 11 is 0. The van der Waals surface area contributed by atoms with E-state index in [-0.39, 0.29) is 18.4 Å². The van der Waals surface area contributed by atoms with E-state index in [1.165, 1.54) is 0 Å². The minimum absolute atomic E-state index is 0.0153. The number of rotatable bonds is 4. The fourth-order valence-electron chi connectivity index (χ4n) is 4.29. The van der Waals surface area contributed by atoms with E-state index in [9.17, 15) is 9.59 Å². The number of para-hydroxylation sites is 1. The Morgan fingerprint density at radius 2 is 1.76 bits per heavy atom. The molecule has 5 heteroatoms. The first kappa shape index (κ1) is 19.4. The zero-order chi connectivity index (χ0) is 20.4. The van der Waals surface area contributed by atoms with E-state index in [0.29, 0.717) is 11.6 Å². The number of anilines is 1. The Hall–Kier alpha value is -2.95. The number of nitrogens with one attached hydrogen (secondary N) is 1. The Morgan fingerprint density at radius 1 is 1.10 bits per heavy atom. The van der Waals surface area contributed by atoms with Crippen molar-refractivity contribution in [3.05, 3.63) is 65.7 Å². The van der Waals surface area contributed by atoms with E-state index in [2.05, 4.69) is 12.2 Å². The SMILES string of the molecule is Cc1ccccc1NC(=O)CN1C(=O)C(c2ccccc2)=NC12CCC(C)CC2. The molecular weight excluding hydrogens is 362 g/mol. The molecular formula is C24H27N3O2. The molecule has 2 aliphatic rings. The Balaban J connectivity index is 1.60. The maximum atomic E-state index is 13.3. The first-order chi connectivity index (χ1) is 14.0. The lowest BCUT2D eigenvalue weighted by Gasteiger charge is -2.40. The first-order valence-electron chi connectivity index (χ1n) is 10.3. The summed E-state index contributed by atoms with van der Waals surface area (Å²) in [5, 5.41) is 2.96. The Morgan fingerprint density at radius 3 is 2.45 bits per heavy atom. The highest BCUT2D eigenvalue weighted by molar-refractivity contribution is 6.47. The van der Waals surface area contributed by atoms with Crippen LogP contribution in [0.2, 0.25) is 0 Å². The number of benzene rings is 2. The van der Waals surface area contributed by atoms with E-state index in [0.717, 1.165) is 42.5 Å². The molecule has 1 fully saturated rings. The molecule has 150 valence electrons. The zero-order valence-electron chi connectivity index (χ0n) is 17.0. The molecule has 29 heavy (non-hydrogen) atoms. The number of amides is 2. The zero-order valence-corrected chi connectivity index (χ0v) is 17.0. The average molecular weight is 389 g/mol. The highest BCUT2D eigenvalue weighted by Gasteiger charge is 2.49. The van der Waals surface area contributed by atoms with Crippen LogP contribution < -0.4 is 5.32 Å². The van der Waals surface area contributed by atoms with Crippen LogP contribution in [0.3, 0.4) is 0 Å². The lowest BCUT2D eigenvalue weighted by Crippen LogP contribution is -2.51. The fourth-order valence-corrected chi connectivity index (χ4v) is 4.29. The van der Waals surface area contributed by atoms with Crippen molar-refractivity contribution in [3.8, 4) is 0 Å². The van der Waals surface area contributed by atoms with Gasteiger partial charge in [0.2, 0.25) is 5.91 Å². The molecule has 1 saturated carbocycles. The van der Waals surface area contributed by atoms with Gasteiger partial charge in [-0.05, 0) is 50.2 Å². The predicted octanol–water partition coefficient (Wildman–Crippen LogP) is 4.17. The molecule has 1 aliphatic carbocycles. The summed E-state index contributed by atoms with van der Waals surface area (Å²) in [6, 6.07) is 17.2. The van der Waals surface area contributed by atoms with Crippen LogP contribution in [0.4, 0.5) is 5.69 Å². The van der Waals surface area contributed by atoms with E-state index in [1.54, 1.807) is 4.90 Å². The second kappa shape index (κ2) is 7.82. The number of hydrogen-bond donors (Lipinski definition) is 1. The van der Waals surface area contributed by atoms with E-state index >= 15 is 0 Å². The van der Waals surface area contributed by atoms with Crippen molar-refractivity contribution in [3.63, 3.8) is 0 Å². The second-order valence-electron chi connectivity index (χ2n) is 8.25. The molecule has 0 aromatic heterocycles. The Kier molecular flexibility index (Phi) is 5.22. The lowest BCUT2D eigenvalue weighted by atomic mass is 9.82. The summed E-state index contributed by atoms with van der Waals surface area (Å²) < 4.78 is 0. The van der Waals surface area contributed by atoms with Crippen molar-refractivity contribution in [1.29, 1.82) is 0 Å². The summed E-state index contributed by atoms with van der Waals surface area (Å²) in [6.07, 6.45) is 3.62. The summed E-state index contributed by atoms with van der Waals surface area (Å²) in [5.74, 6) is 0.287. The van der Waals surface area contributed by atoms with Crippen molar-refractivity contribution in [2.24, 2.45) is 10.9 Å². The molecule has 0 atom stereocenters. The molecule has 1 aliphatic heterocycles. The third kappa shape index (κ3) is 3.82. The Labute approximate surface area is 171 Å². The van der Waals surface area contributed by atoms with E-state index in [4.69, 9.17) is 4.99 Å². The van der Waals surface area contributed by atoms with Gasteiger partial charge in [-0.25, -0.2) is 0 Å². The molecule has 0 unspecified atom stereocenters. The molecule has 0 bridgehead atoms. The van der Waals surface area contributed by atoms with Gasteiger partial charge in [-0.15, -0.1) is 0 Å². The van der Waals surface area contributed by atoms with Crippen LogP contribution >= 0.6 is 0 Å². The van der Waals surface area contributed by atoms with E-state index < -0.39 is 5.66 Å². The lowest BCUT2D eigenvalue weighted by molar-refractivity contribution is -0.134. The van der Waals surface area contributed by atoms with Crippen molar-refractivity contribution in [1.82, 2.24) is 4.90 Å². The minimum atomic E-state index is -0.599. The number of carbonyl (C=O) groups is 2. The van der Waals surface area contributed by atoms with Crippen LogP contribution in [0.1, 0.15) is 43.7 Å². The van der Waals surface area contributed by atoms with Crippen molar-refractivity contribution >= 4 is 23.2 Å². The smallest absolute Gasteiger partial charge is 0.275 e. The fraction of sp³-hybridized carbons (Fsp3) is 0.375. The molecule has 2 amide bonds. The molecule has 1 heterocycles. The maximum Gasteiger partial charge on any atom is 0.275 e. The number of nitrogens with zero attached hydrogens (tertiary/aromatic N) is 2. The molecule has 0 radical (unpaired) electrons. The van der Waals surface area contributed by atoms with Crippen LogP contribution in [0.5, 0.6) is 0 Å². The molecule has 1 N–H and O–H groups in total. The summed E-state index contributed by atoms with van der Waals surface area (Å²) in [4.78, 5) is 32.8. The number of aryl methyl sites for hydroxylation is 1. The van der Waals surface area contributed by atoms with Crippen LogP contribution in [-0.4, -0.2) is 34.6 Å². The van der Waals surface area contributed by atoms with Gasteiger partial charge in [0.1, 0.15) is 17.9 Å². The molecule has 5 nitrogen and oxygen atoms in total. The van der Waals surface area contributed by atoms with Gasteiger partial charge in [0.15, 0.2) is 0 Å². The maximum absolute atomic E-state index is 13.3. The third-order valence-electron chi connectivity index (χ3n) is 6.11. The number of hydrogen-bond acceptors (Lipinski definition) is 3. The minimum Gasteiger partial charge on any atom is -0.324 e. The molecule has 4 rings (SSSR count). The van der Waals surface area contributed by atoms with Gasteiger partial charge in [0, 0.05) is 11.3 Å². The van der Waals surface area contributed by atoms with Gasteiger partial charge in [-0.2, -0.15) is 0 Å². The van der Waals surface area contributed by atoms with Gasteiger partial charge in [-0.1, -0.05) is 55.5 Å². The number of carbonyl (C=O) groups excluding carboxylic acids is 2. The average Bonchev–Trinajstić information content (AvgIpc) is 2.99. The van der Waals surface area contributed by atoms with E-state index in [1.807, 2.05) is 61.5 Å². The second-order valence-corrected chi connectivity index (χ2v) is 8.25. The van der Waals surface area contributed by atoms with Crippen molar-refractivity contribution < 1.29 is 9.59 Å².